The average molecular weight is 263 g/mol. The minimum atomic E-state index is 0.585. The molecule has 1 heterocycles. The maximum atomic E-state index is 5.79. The van der Waals surface area contributed by atoms with Crippen molar-refractivity contribution in [1.82, 2.24) is 4.98 Å². The van der Waals surface area contributed by atoms with Gasteiger partial charge in [-0.25, -0.2) is 4.98 Å². The van der Waals surface area contributed by atoms with Gasteiger partial charge in [0.1, 0.15) is 0 Å². The summed E-state index contributed by atoms with van der Waals surface area (Å²) >= 11 is 9.08. The number of halogens is 2. The normalized spacial score (nSPS) is 10.7. The Balaban J connectivity index is 3.01. The van der Waals surface area contributed by atoms with Crippen molar-refractivity contribution < 1.29 is 4.74 Å². The van der Waals surface area contributed by atoms with E-state index in [0.717, 1.165) is 10.9 Å². The Bertz CT molecular complexity index is 314. The molecule has 0 atom stereocenters. The summed E-state index contributed by atoms with van der Waals surface area (Å²) in [7, 11) is 1.59. The predicted molar refractivity (Wildman–Crippen MR) is 58.6 cm³/mol. The van der Waals surface area contributed by atoms with Crippen molar-refractivity contribution in [2.24, 2.45) is 0 Å². The van der Waals surface area contributed by atoms with E-state index in [1.165, 1.54) is 0 Å². The van der Waals surface area contributed by atoms with E-state index in [4.69, 9.17) is 16.3 Å². The highest BCUT2D eigenvalue weighted by atomic mass is 79.9. The van der Waals surface area contributed by atoms with Crippen LogP contribution in [0.4, 0.5) is 0 Å². The van der Waals surface area contributed by atoms with Crippen LogP contribution >= 0.6 is 27.5 Å². The molecule has 70 valence electrons. The molecule has 0 unspecified atom stereocenters. The Labute approximate surface area is 90.7 Å². The maximum Gasteiger partial charge on any atom is 0.220 e. The number of aromatic nitrogens is 1. The second kappa shape index (κ2) is 5.25. The van der Waals surface area contributed by atoms with Crippen molar-refractivity contribution in [3.05, 3.63) is 28.9 Å². The molecule has 1 rings (SSSR count). The first-order valence-corrected chi connectivity index (χ1v) is 5.20. The predicted octanol–water partition coefficient (Wildman–Crippen LogP) is 3.15. The lowest BCUT2D eigenvalue weighted by molar-refractivity contribution is 0.397. The van der Waals surface area contributed by atoms with Crippen LogP contribution in [0, 0.1) is 0 Å². The number of pyridine rings is 1. The lowest BCUT2D eigenvalue weighted by Crippen LogP contribution is -1.90. The smallest absolute Gasteiger partial charge is 0.220 e. The SMILES string of the molecule is COc1ncc(Cl)cc1C=CCBr. The number of rotatable bonds is 3. The summed E-state index contributed by atoms with van der Waals surface area (Å²) in [5.74, 6) is 0.585. The minimum Gasteiger partial charge on any atom is -0.481 e. The Hall–Kier alpha value is -0.540. The van der Waals surface area contributed by atoms with Gasteiger partial charge in [-0.1, -0.05) is 39.7 Å². The van der Waals surface area contributed by atoms with Gasteiger partial charge >= 0.3 is 0 Å². The molecule has 0 N–H and O–H groups in total. The molecule has 0 radical (unpaired) electrons. The van der Waals surface area contributed by atoms with Gasteiger partial charge in [0.2, 0.25) is 5.88 Å². The van der Waals surface area contributed by atoms with Gasteiger partial charge in [-0.2, -0.15) is 0 Å². The molecule has 0 amide bonds. The zero-order valence-electron chi connectivity index (χ0n) is 7.13. The minimum absolute atomic E-state index is 0.585. The molecule has 0 bridgehead atoms. The molecular formula is C9H9BrClNO. The molecule has 0 saturated carbocycles. The van der Waals surface area contributed by atoms with Gasteiger partial charge in [0, 0.05) is 17.1 Å². The molecule has 4 heteroatoms. The highest BCUT2D eigenvalue weighted by Gasteiger charge is 2.00. The molecule has 1 aromatic rings. The van der Waals surface area contributed by atoms with Crippen LogP contribution in [0.15, 0.2) is 18.3 Å². The van der Waals surface area contributed by atoms with Gasteiger partial charge in [0.05, 0.1) is 12.1 Å². The maximum absolute atomic E-state index is 5.79. The van der Waals surface area contributed by atoms with Crippen LogP contribution < -0.4 is 4.74 Å². The largest absolute Gasteiger partial charge is 0.481 e. The number of ether oxygens (including phenoxy) is 1. The highest BCUT2D eigenvalue weighted by Crippen LogP contribution is 2.20. The first-order chi connectivity index (χ1) is 6.27. The monoisotopic (exact) mass is 261 g/mol. The van der Waals surface area contributed by atoms with Crippen LogP contribution in [0.3, 0.4) is 0 Å². The zero-order valence-corrected chi connectivity index (χ0v) is 9.47. The van der Waals surface area contributed by atoms with E-state index in [9.17, 15) is 0 Å². The summed E-state index contributed by atoms with van der Waals surface area (Å²) in [6.07, 6.45) is 5.42. The Morgan fingerprint density at radius 1 is 1.69 bits per heavy atom. The molecule has 0 aliphatic heterocycles. The van der Waals surface area contributed by atoms with Crippen LogP contribution in [0.5, 0.6) is 5.88 Å². The Morgan fingerprint density at radius 3 is 3.08 bits per heavy atom. The van der Waals surface area contributed by atoms with E-state index in [1.807, 2.05) is 18.2 Å². The summed E-state index contributed by atoms with van der Waals surface area (Å²) < 4.78 is 5.06. The number of alkyl halides is 1. The number of hydrogen-bond acceptors (Lipinski definition) is 2. The van der Waals surface area contributed by atoms with E-state index < -0.39 is 0 Å². The van der Waals surface area contributed by atoms with Crippen molar-refractivity contribution in [2.75, 3.05) is 12.4 Å². The molecule has 0 aliphatic carbocycles. The van der Waals surface area contributed by atoms with Gasteiger partial charge in [-0.3, -0.25) is 0 Å². The molecular weight excluding hydrogens is 253 g/mol. The quantitative estimate of drug-likeness (QED) is 0.781. The first kappa shape index (κ1) is 10.5. The summed E-state index contributed by atoms with van der Waals surface area (Å²) in [6.45, 7) is 0. The van der Waals surface area contributed by atoms with E-state index in [0.29, 0.717) is 10.9 Å². The Kier molecular flexibility index (Phi) is 4.25. The van der Waals surface area contributed by atoms with Crippen LogP contribution in [0.2, 0.25) is 5.02 Å². The summed E-state index contributed by atoms with van der Waals surface area (Å²) in [5.41, 5.74) is 0.884. The molecule has 0 saturated heterocycles. The van der Waals surface area contributed by atoms with Gasteiger partial charge in [0.25, 0.3) is 0 Å². The standard InChI is InChI=1S/C9H9BrClNO/c1-13-9-7(3-2-4-10)5-8(11)6-12-9/h2-3,5-6H,4H2,1H3. The van der Waals surface area contributed by atoms with Crippen LogP contribution in [-0.4, -0.2) is 17.4 Å². The van der Waals surface area contributed by atoms with Crippen LogP contribution in [-0.2, 0) is 0 Å². The van der Waals surface area contributed by atoms with E-state index in [2.05, 4.69) is 20.9 Å². The van der Waals surface area contributed by atoms with Crippen molar-refractivity contribution >= 4 is 33.6 Å². The number of methoxy groups -OCH3 is 1. The number of hydrogen-bond donors (Lipinski definition) is 0. The third-order valence-electron chi connectivity index (χ3n) is 1.43. The van der Waals surface area contributed by atoms with Crippen molar-refractivity contribution in [3.63, 3.8) is 0 Å². The van der Waals surface area contributed by atoms with E-state index >= 15 is 0 Å². The molecule has 2 nitrogen and oxygen atoms in total. The first-order valence-electron chi connectivity index (χ1n) is 3.70. The van der Waals surface area contributed by atoms with E-state index in [-0.39, 0.29) is 0 Å². The Morgan fingerprint density at radius 2 is 2.46 bits per heavy atom. The summed E-state index contributed by atoms with van der Waals surface area (Å²) in [4.78, 5) is 4.03. The van der Waals surface area contributed by atoms with E-state index in [1.54, 1.807) is 13.3 Å². The molecule has 0 aromatic carbocycles. The lowest BCUT2D eigenvalue weighted by Gasteiger charge is -2.02. The molecule has 1 aromatic heterocycles. The van der Waals surface area contributed by atoms with Crippen molar-refractivity contribution in [1.29, 1.82) is 0 Å². The third kappa shape index (κ3) is 3.01. The number of nitrogens with zero attached hydrogens (tertiary/aromatic N) is 1. The van der Waals surface area contributed by atoms with Crippen molar-refractivity contribution in [2.45, 2.75) is 0 Å². The topological polar surface area (TPSA) is 22.1 Å². The van der Waals surface area contributed by atoms with Gasteiger partial charge < -0.3 is 4.74 Å². The fraction of sp³-hybridized carbons (Fsp3) is 0.222. The summed E-state index contributed by atoms with van der Waals surface area (Å²) in [6, 6.07) is 1.81. The molecule has 13 heavy (non-hydrogen) atoms. The van der Waals surface area contributed by atoms with Gasteiger partial charge in [0.15, 0.2) is 0 Å². The lowest BCUT2D eigenvalue weighted by atomic mass is 10.2. The zero-order chi connectivity index (χ0) is 9.68. The van der Waals surface area contributed by atoms with Gasteiger partial charge in [-0.05, 0) is 6.07 Å². The third-order valence-corrected chi connectivity index (χ3v) is 2.01. The molecule has 0 aliphatic rings. The van der Waals surface area contributed by atoms with Crippen molar-refractivity contribution in [3.8, 4) is 5.88 Å². The fourth-order valence-electron chi connectivity index (χ4n) is 0.904. The molecule has 0 fully saturated rings. The highest BCUT2D eigenvalue weighted by molar-refractivity contribution is 9.09. The second-order valence-electron chi connectivity index (χ2n) is 2.31. The van der Waals surface area contributed by atoms with Crippen LogP contribution in [0.25, 0.3) is 6.08 Å². The number of allylic oxidation sites excluding steroid dienone is 1. The van der Waals surface area contributed by atoms with Crippen LogP contribution in [0.1, 0.15) is 5.56 Å². The fourth-order valence-corrected chi connectivity index (χ4v) is 1.26. The average Bonchev–Trinajstić information content (AvgIpc) is 2.15. The molecule has 0 spiro atoms. The second-order valence-corrected chi connectivity index (χ2v) is 3.39. The summed E-state index contributed by atoms with van der Waals surface area (Å²) in [5, 5.41) is 1.40. The van der Waals surface area contributed by atoms with Gasteiger partial charge in [-0.15, -0.1) is 0 Å².